The Labute approximate surface area is 115 Å². The molecule has 0 aliphatic rings. The van der Waals surface area contributed by atoms with E-state index in [0.717, 1.165) is 28.4 Å². The first-order valence-electron chi connectivity index (χ1n) is 6.17. The molecule has 3 rings (SSSR count). The third kappa shape index (κ3) is 2.31. The molecule has 0 spiro atoms. The van der Waals surface area contributed by atoms with Crippen LogP contribution < -0.4 is 0 Å². The summed E-state index contributed by atoms with van der Waals surface area (Å²) < 4.78 is 1.98. The summed E-state index contributed by atoms with van der Waals surface area (Å²) in [5.74, 6) is -0.955. The highest BCUT2D eigenvalue weighted by Gasteiger charge is 2.03. The van der Waals surface area contributed by atoms with Crippen LogP contribution in [0.2, 0.25) is 0 Å². The molecule has 1 N–H and O–H groups in total. The minimum Gasteiger partial charge on any atom is -0.478 e. The third-order valence-electron chi connectivity index (χ3n) is 3.02. The summed E-state index contributed by atoms with van der Waals surface area (Å²) in [7, 11) is 0. The molecule has 4 nitrogen and oxygen atoms in total. The highest BCUT2D eigenvalue weighted by Crippen LogP contribution is 2.19. The van der Waals surface area contributed by atoms with Crippen LogP contribution in [0.4, 0.5) is 0 Å². The number of imidazole rings is 1. The lowest BCUT2D eigenvalue weighted by Crippen LogP contribution is -1.92. The Morgan fingerprint density at radius 1 is 1.15 bits per heavy atom. The van der Waals surface area contributed by atoms with Crippen molar-refractivity contribution in [3.63, 3.8) is 0 Å². The van der Waals surface area contributed by atoms with Gasteiger partial charge in [-0.3, -0.25) is 4.57 Å². The number of carbonyl (C=O) groups is 1. The smallest absolute Gasteiger partial charge is 0.328 e. The Balaban J connectivity index is 2.06. The van der Waals surface area contributed by atoms with Gasteiger partial charge in [0, 0.05) is 11.8 Å². The number of hydrogen-bond acceptors (Lipinski definition) is 2. The fourth-order valence-electron chi connectivity index (χ4n) is 2.11. The van der Waals surface area contributed by atoms with E-state index in [4.69, 9.17) is 5.11 Å². The lowest BCUT2D eigenvalue weighted by atomic mass is 10.2. The van der Waals surface area contributed by atoms with Gasteiger partial charge in [-0.2, -0.15) is 0 Å². The van der Waals surface area contributed by atoms with Crippen LogP contribution in [0.3, 0.4) is 0 Å². The topological polar surface area (TPSA) is 55.1 Å². The van der Waals surface area contributed by atoms with Gasteiger partial charge in [0.2, 0.25) is 0 Å². The molecule has 0 radical (unpaired) electrons. The molecular weight excluding hydrogens is 252 g/mol. The van der Waals surface area contributed by atoms with Gasteiger partial charge in [0.15, 0.2) is 0 Å². The van der Waals surface area contributed by atoms with E-state index < -0.39 is 5.97 Å². The summed E-state index contributed by atoms with van der Waals surface area (Å²) in [6, 6.07) is 15.5. The molecule has 1 aromatic heterocycles. The van der Waals surface area contributed by atoms with Crippen molar-refractivity contribution in [2.24, 2.45) is 0 Å². The minimum absolute atomic E-state index is 0.836. The second-order valence-electron chi connectivity index (χ2n) is 4.37. The van der Waals surface area contributed by atoms with Crippen LogP contribution in [-0.2, 0) is 4.79 Å². The Hall–Kier alpha value is -2.88. The molecule has 0 amide bonds. The molecule has 0 atom stereocenters. The fraction of sp³-hybridized carbons (Fsp3) is 0. The summed E-state index contributed by atoms with van der Waals surface area (Å²) in [5.41, 5.74) is 3.74. The van der Waals surface area contributed by atoms with Crippen LogP contribution >= 0.6 is 0 Å². The highest BCUT2D eigenvalue weighted by molar-refractivity contribution is 5.85. The molecule has 0 bridgehead atoms. The van der Waals surface area contributed by atoms with Gasteiger partial charge in [-0.25, -0.2) is 9.78 Å². The van der Waals surface area contributed by atoms with E-state index in [2.05, 4.69) is 4.98 Å². The first-order valence-corrected chi connectivity index (χ1v) is 6.17. The standard InChI is InChI=1S/C16H12N2O2/c19-16(20)9-8-12-4-3-5-13(10-12)18-11-17-14-6-1-2-7-15(14)18/h1-11H,(H,19,20). The number of rotatable bonds is 3. The molecule has 98 valence electrons. The van der Waals surface area contributed by atoms with Crippen molar-refractivity contribution >= 4 is 23.1 Å². The van der Waals surface area contributed by atoms with Crippen LogP contribution in [-0.4, -0.2) is 20.6 Å². The predicted molar refractivity (Wildman–Crippen MR) is 77.7 cm³/mol. The lowest BCUT2D eigenvalue weighted by Gasteiger charge is -2.05. The number of fused-ring (bicyclic) bond motifs is 1. The van der Waals surface area contributed by atoms with Crippen molar-refractivity contribution < 1.29 is 9.90 Å². The summed E-state index contributed by atoms with van der Waals surface area (Å²) >= 11 is 0. The van der Waals surface area contributed by atoms with Gasteiger partial charge in [0.25, 0.3) is 0 Å². The second-order valence-corrected chi connectivity index (χ2v) is 4.37. The average molecular weight is 264 g/mol. The molecule has 0 fully saturated rings. The van der Waals surface area contributed by atoms with Gasteiger partial charge in [-0.05, 0) is 35.9 Å². The quantitative estimate of drug-likeness (QED) is 0.739. The number of benzene rings is 2. The van der Waals surface area contributed by atoms with Crippen molar-refractivity contribution in [1.29, 1.82) is 0 Å². The number of aliphatic carboxylic acids is 1. The largest absolute Gasteiger partial charge is 0.478 e. The van der Waals surface area contributed by atoms with Crippen LogP contribution in [0.15, 0.2) is 60.9 Å². The van der Waals surface area contributed by atoms with Gasteiger partial charge >= 0.3 is 5.97 Å². The van der Waals surface area contributed by atoms with Crippen molar-refractivity contribution in [2.75, 3.05) is 0 Å². The molecule has 4 heteroatoms. The molecule has 3 aromatic rings. The molecule has 0 saturated heterocycles. The molecule has 0 unspecified atom stereocenters. The van der Waals surface area contributed by atoms with E-state index in [1.807, 2.05) is 53.1 Å². The number of hydrogen-bond donors (Lipinski definition) is 1. The van der Waals surface area contributed by atoms with Crippen molar-refractivity contribution in [3.8, 4) is 5.69 Å². The van der Waals surface area contributed by atoms with Gasteiger partial charge in [0.05, 0.1) is 11.0 Å². The number of carboxylic acid groups (broad SMARTS) is 1. The summed E-state index contributed by atoms with van der Waals surface area (Å²) in [6.07, 6.45) is 4.47. The van der Waals surface area contributed by atoms with E-state index in [-0.39, 0.29) is 0 Å². The summed E-state index contributed by atoms with van der Waals surface area (Å²) in [4.78, 5) is 14.9. The zero-order valence-electron chi connectivity index (χ0n) is 10.6. The number of carboxylic acids is 1. The molecule has 0 aliphatic carbocycles. The molecule has 1 heterocycles. The van der Waals surface area contributed by atoms with Gasteiger partial charge < -0.3 is 5.11 Å². The van der Waals surface area contributed by atoms with Crippen LogP contribution in [0, 0.1) is 0 Å². The number of para-hydroxylation sites is 2. The summed E-state index contributed by atoms with van der Waals surface area (Å²) in [6.45, 7) is 0. The van der Waals surface area contributed by atoms with E-state index in [1.165, 1.54) is 0 Å². The molecule has 0 aliphatic heterocycles. The van der Waals surface area contributed by atoms with Gasteiger partial charge in [-0.15, -0.1) is 0 Å². The maximum Gasteiger partial charge on any atom is 0.328 e. The average Bonchev–Trinajstić information content (AvgIpc) is 2.89. The maximum absolute atomic E-state index is 10.6. The third-order valence-corrected chi connectivity index (χ3v) is 3.02. The maximum atomic E-state index is 10.6. The zero-order valence-corrected chi connectivity index (χ0v) is 10.6. The first-order chi connectivity index (χ1) is 9.74. The summed E-state index contributed by atoms with van der Waals surface area (Å²) in [5, 5.41) is 8.67. The zero-order chi connectivity index (χ0) is 13.9. The van der Waals surface area contributed by atoms with Gasteiger partial charge in [-0.1, -0.05) is 24.3 Å². The Morgan fingerprint density at radius 3 is 2.85 bits per heavy atom. The second kappa shape index (κ2) is 5.01. The van der Waals surface area contributed by atoms with E-state index in [1.54, 1.807) is 12.4 Å². The van der Waals surface area contributed by atoms with Gasteiger partial charge in [0.1, 0.15) is 6.33 Å². The Bertz CT molecular complexity index is 803. The highest BCUT2D eigenvalue weighted by atomic mass is 16.4. The normalized spacial score (nSPS) is 11.2. The SMILES string of the molecule is O=C(O)C=Cc1cccc(-n2cnc3ccccc32)c1. The van der Waals surface area contributed by atoms with Crippen molar-refractivity contribution in [2.45, 2.75) is 0 Å². The predicted octanol–water partition coefficient (Wildman–Crippen LogP) is 3.12. The number of nitrogens with zero attached hydrogens (tertiary/aromatic N) is 2. The Morgan fingerprint density at radius 2 is 2.00 bits per heavy atom. The van der Waals surface area contributed by atoms with Crippen LogP contribution in [0.5, 0.6) is 0 Å². The Kier molecular flexibility index (Phi) is 3.05. The molecular formula is C16H12N2O2. The minimum atomic E-state index is -0.955. The fourth-order valence-corrected chi connectivity index (χ4v) is 2.11. The lowest BCUT2D eigenvalue weighted by molar-refractivity contribution is -0.131. The van der Waals surface area contributed by atoms with Crippen molar-refractivity contribution in [1.82, 2.24) is 9.55 Å². The van der Waals surface area contributed by atoms with Crippen LogP contribution in [0.25, 0.3) is 22.8 Å². The van der Waals surface area contributed by atoms with Crippen LogP contribution in [0.1, 0.15) is 5.56 Å². The van der Waals surface area contributed by atoms with E-state index in [9.17, 15) is 4.79 Å². The molecule has 20 heavy (non-hydrogen) atoms. The molecule has 2 aromatic carbocycles. The van der Waals surface area contributed by atoms with Crippen molar-refractivity contribution in [3.05, 3.63) is 66.5 Å². The monoisotopic (exact) mass is 264 g/mol. The number of aromatic nitrogens is 2. The van der Waals surface area contributed by atoms with E-state index in [0.29, 0.717) is 0 Å². The molecule has 0 saturated carbocycles. The first kappa shape index (κ1) is 12.2. The van der Waals surface area contributed by atoms with E-state index >= 15 is 0 Å².